The molecule has 4 heteroatoms. The highest BCUT2D eigenvalue weighted by molar-refractivity contribution is 6.37. The van der Waals surface area contributed by atoms with Gasteiger partial charge in [0.1, 0.15) is 5.75 Å². The van der Waals surface area contributed by atoms with Gasteiger partial charge in [-0.3, -0.25) is 0 Å². The van der Waals surface area contributed by atoms with Gasteiger partial charge in [-0.05, 0) is 6.92 Å². The second-order valence-electron chi connectivity index (χ2n) is 2.17. The second-order valence-corrected chi connectivity index (χ2v) is 2.95. The van der Waals surface area contributed by atoms with Crippen LogP contribution in [0.15, 0.2) is 6.07 Å². The zero-order valence-electron chi connectivity index (χ0n) is 5.73. The van der Waals surface area contributed by atoms with Crippen LogP contribution in [0.5, 0.6) is 11.5 Å². The van der Waals surface area contributed by atoms with Crippen molar-refractivity contribution in [3.8, 4) is 11.5 Å². The van der Waals surface area contributed by atoms with Gasteiger partial charge in [0.15, 0.2) is 5.75 Å². The van der Waals surface area contributed by atoms with E-state index in [0.29, 0.717) is 5.56 Å². The van der Waals surface area contributed by atoms with Crippen molar-refractivity contribution in [1.29, 1.82) is 0 Å². The van der Waals surface area contributed by atoms with Crippen molar-refractivity contribution in [2.75, 3.05) is 0 Å². The average molecular weight is 193 g/mol. The maximum atomic E-state index is 9.14. The van der Waals surface area contributed by atoms with Gasteiger partial charge in [0.2, 0.25) is 0 Å². The summed E-state index contributed by atoms with van der Waals surface area (Å²) in [7, 11) is 0. The quantitative estimate of drug-likeness (QED) is 0.621. The van der Waals surface area contributed by atoms with Gasteiger partial charge in [-0.1, -0.05) is 23.2 Å². The Bertz CT molecular complexity index is 271. The molecule has 2 N–H and O–H groups in total. The van der Waals surface area contributed by atoms with Crippen LogP contribution < -0.4 is 0 Å². The molecule has 0 aromatic heterocycles. The molecular formula is C7H6Cl2O2. The van der Waals surface area contributed by atoms with Crippen LogP contribution in [0, 0.1) is 6.92 Å². The van der Waals surface area contributed by atoms with E-state index >= 15 is 0 Å². The molecule has 1 rings (SSSR count). The zero-order chi connectivity index (χ0) is 8.59. The summed E-state index contributed by atoms with van der Waals surface area (Å²) in [6.07, 6.45) is 0. The van der Waals surface area contributed by atoms with E-state index in [1.54, 1.807) is 6.92 Å². The van der Waals surface area contributed by atoms with Gasteiger partial charge in [0.05, 0.1) is 10.0 Å². The SMILES string of the molecule is Cc1c(O)cc(Cl)c(O)c1Cl. The van der Waals surface area contributed by atoms with E-state index in [4.69, 9.17) is 33.4 Å². The van der Waals surface area contributed by atoms with Crippen LogP contribution in [0.25, 0.3) is 0 Å². The second kappa shape index (κ2) is 2.80. The van der Waals surface area contributed by atoms with Crippen molar-refractivity contribution in [1.82, 2.24) is 0 Å². The number of rotatable bonds is 0. The van der Waals surface area contributed by atoms with Crippen LogP contribution in [-0.4, -0.2) is 10.2 Å². The van der Waals surface area contributed by atoms with Crippen LogP contribution in [0.4, 0.5) is 0 Å². The predicted octanol–water partition coefficient (Wildman–Crippen LogP) is 2.71. The average Bonchev–Trinajstić information content (AvgIpc) is 1.97. The minimum absolute atomic E-state index is 0.0159. The molecule has 0 bridgehead atoms. The largest absolute Gasteiger partial charge is 0.508 e. The molecule has 0 aliphatic carbocycles. The van der Waals surface area contributed by atoms with Gasteiger partial charge < -0.3 is 10.2 Å². The lowest BCUT2D eigenvalue weighted by Gasteiger charge is -2.04. The van der Waals surface area contributed by atoms with Crippen molar-refractivity contribution >= 4 is 23.2 Å². The Labute approximate surface area is 74.0 Å². The van der Waals surface area contributed by atoms with Gasteiger partial charge in [-0.2, -0.15) is 0 Å². The number of hydrogen-bond donors (Lipinski definition) is 2. The summed E-state index contributed by atoms with van der Waals surface area (Å²) in [5.74, 6) is -0.207. The van der Waals surface area contributed by atoms with Gasteiger partial charge in [0.25, 0.3) is 0 Å². The zero-order valence-corrected chi connectivity index (χ0v) is 7.24. The first-order valence-corrected chi connectivity index (χ1v) is 3.66. The fourth-order valence-electron chi connectivity index (χ4n) is 0.692. The van der Waals surface area contributed by atoms with Crippen LogP contribution in [-0.2, 0) is 0 Å². The summed E-state index contributed by atoms with van der Waals surface area (Å²) in [6, 6.07) is 1.25. The van der Waals surface area contributed by atoms with Crippen molar-refractivity contribution in [3.63, 3.8) is 0 Å². The van der Waals surface area contributed by atoms with Crippen molar-refractivity contribution in [3.05, 3.63) is 21.7 Å². The summed E-state index contributed by atoms with van der Waals surface area (Å²) in [5.41, 5.74) is 0.425. The third-order valence-corrected chi connectivity index (χ3v) is 2.16. The standard InChI is InChI=1S/C7H6Cl2O2/c1-3-5(10)2-4(8)7(11)6(3)9/h2,10-11H,1H3. The maximum absolute atomic E-state index is 9.14. The van der Waals surface area contributed by atoms with Crippen LogP contribution >= 0.6 is 23.2 Å². The number of halogens is 2. The van der Waals surface area contributed by atoms with E-state index in [1.165, 1.54) is 6.07 Å². The Hall–Kier alpha value is -0.600. The molecule has 60 valence electrons. The van der Waals surface area contributed by atoms with E-state index < -0.39 is 0 Å². The molecule has 0 aliphatic heterocycles. The third kappa shape index (κ3) is 1.37. The minimum Gasteiger partial charge on any atom is -0.508 e. The number of phenols is 2. The molecule has 1 aromatic carbocycles. The first kappa shape index (κ1) is 8.50. The highest BCUT2D eigenvalue weighted by Gasteiger charge is 2.10. The Morgan fingerprint density at radius 1 is 1.27 bits per heavy atom. The van der Waals surface area contributed by atoms with Crippen molar-refractivity contribution in [2.45, 2.75) is 6.92 Å². The molecule has 0 atom stereocenters. The Kier molecular flexibility index (Phi) is 2.16. The first-order valence-electron chi connectivity index (χ1n) is 2.90. The Morgan fingerprint density at radius 2 is 1.82 bits per heavy atom. The molecule has 1 aromatic rings. The van der Waals surface area contributed by atoms with Crippen molar-refractivity contribution < 1.29 is 10.2 Å². The molecule has 0 radical (unpaired) electrons. The summed E-state index contributed by atoms with van der Waals surface area (Å²) in [5, 5.41) is 18.4. The topological polar surface area (TPSA) is 40.5 Å². The van der Waals surface area contributed by atoms with Crippen molar-refractivity contribution in [2.24, 2.45) is 0 Å². The minimum atomic E-state index is -0.191. The lowest BCUT2D eigenvalue weighted by atomic mass is 10.2. The molecule has 0 aliphatic rings. The van der Waals surface area contributed by atoms with Gasteiger partial charge in [0, 0.05) is 11.6 Å². The predicted molar refractivity (Wildman–Crippen MR) is 44.5 cm³/mol. The number of benzene rings is 1. The summed E-state index contributed by atoms with van der Waals surface area (Å²) < 4.78 is 0. The molecule has 0 saturated heterocycles. The monoisotopic (exact) mass is 192 g/mol. The molecule has 0 spiro atoms. The molecule has 0 saturated carbocycles. The normalized spacial score (nSPS) is 10.1. The first-order chi connectivity index (χ1) is 5.04. The van der Waals surface area contributed by atoms with E-state index in [2.05, 4.69) is 0 Å². The Morgan fingerprint density at radius 3 is 2.36 bits per heavy atom. The summed E-state index contributed by atoms with van der Waals surface area (Å²) in [4.78, 5) is 0. The van der Waals surface area contributed by atoms with Gasteiger partial charge in [-0.25, -0.2) is 0 Å². The molecule has 2 nitrogen and oxygen atoms in total. The molecule has 11 heavy (non-hydrogen) atoms. The Balaban J connectivity index is 3.46. The van der Waals surface area contributed by atoms with Gasteiger partial charge in [-0.15, -0.1) is 0 Å². The fraction of sp³-hybridized carbons (Fsp3) is 0.143. The highest BCUT2D eigenvalue weighted by atomic mass is 35.5. The van der Waals surface area contributed by atoms with E-state index in [0.717, 1.165) is 0 Å². The molecular weight excluding hydrogens is 187 g/mol. The fourth-order valence-corrected chi connectivity index (χ4v) is 1.14. The van der Waals surface area contributed by atoms with E-state index in [1.807, 2.05) is 0 Å². The lowest BCUT2D eigenvalue weighted by Crippen LogP contribution is -1.79. The molecule has 0 heterocycles. The maximum Gasteiger partial charge on any atom is 0.153 e. The molecule has 0 fully saturated rings. The molecule has 0 unspecified atom stereocenters. The van der Waals surface area contributed by atoms with Crippen LogP contribution in [0.2, 0.25) is 10.0 Å². The summed E-state index contributed by atoms with van der Waals surface area (Å²) >= 11 is 11.1. The van der Waals surface area contributed by atoms with E-state index in [9.17, 15) is 0 Å². The number of hydrogen-bond acceptors (Lipinski definition) is 2. The van der Waals surface area contributed by atoms with Crippen LogP contribution in [0.1, 0.15) is 5.56 Å². The lowest BCUT2D eigenvalue weighted by molar-refractivity contribution is 0.457. The van der Waals surface area contributed by atoms with E-state index in [-0.39, 0.29) is 21.5 Å². The number of phenolic OH excluding ortho intramolecular Hbond substituents is 2. The molecule has 0 amide bonds. The highest BCUT2D eigenvalue weighted by Crippen LogP contribution is 2.38. The smallest absolute Gasteiger partial charge is 0.153 e. The van der Waals surface area contributed by atoms with Gasteiger partial charge >= 0.3 is 0 Å². The number of aromatic hydroxyl groups is 2. The third-order valence-electron chi connectivity index (χ3n) is 1.41. The van der Waals surface area contributed by atoms with Crippen LogP contribution in [0.3, 0.4) is 0 Å². The summed E-state index contributed by atoms with van der Waals surface area (Å²) in [6.45, 7) is 1.59.